The van der Waals surface area contributed by atoms with Crippen LogP contribution in [0.15, 0.2) is 36.5 Å². The van der Waals surface area contributed by atoms with E-state index < -0.39 is 53.3 Å². The normalized spacial score (nSPS) is 26.0. The van der Waals surface area contributed by atoms with Gasteiger partial charge in [-0.15, -0.1) is 12.3 Å². The second-order valence-corrected chi connectivity index (χ2v) is 10.8. The van der Waals surface area contributed by atoms with Crippen molar-refractivity contribution in [2.45, 2.75) is 71.2 Å². The van der Waals surface area contributed by atoms with Crippen molar-refractivity contribution in [1.29, 1.82) is 0 Å². The standard InChI is InChI=1S/C30H35N5O5/c1-6-8-24-26(36)32-18(2)27(37)35-14-7-9-25(34-35)28(38)40-19(3)20-10-11-21-17-31-23(16-22(21)15-20)12-13-30(4,5)29(39)33-24/h1,10-13,15-19,24-25,34H,7-9,14H2,2-5H3,(H,32,36)(H,33,39). The van der Waals surface area contributed by atoms with Gasteiger partial charge in [0.2, 0.25) is 11.8 Å². The predicted molar refractivity (Wildman–Crippen MR) is 150 cm³/mol. The summed E-state index contributed by atoms with van der Waals surface area (Å²) in [5, 5.41) is 8.52. The van der Waals surface area contributed by atoms with E-state index in [1.807, 2.05) is 24.3 Å². The first-order chi connectivity index (χ1) is 19.0. The SMILES string of the molecule is C#CCC1NC(=O)C(C)(C)C=Cc2cc3cc(ccc3cn2)C(C)OC(=O)C2CCCN(N2)C(=O)C(C)NC1=O. The van der Waals surface area contributed by atoms with Crippen LogP contribution in [-0.2, 0) is 23.9 Å². The van der Waals surface area contributed by atoms with Gasteiger partial charge in [-0.2, -0.15) is 0 Å². The molecule has 40 heavy (non-hydrogen) atoms. The number of hydrazine groups is 1. The van der Waals surface area contributed by atoms with Crippen molar-refractivity contribution in [2.24, 2.45) is 5.41 Å². The summed E-state index contributed by atoms with van der Waals surface area (Å²) < 4.78 is 5.78. The van der Waals surface area contributed by atoms with Gasteiger partial charge in [0.25, 0.3) is 5.91 Å². The van der Waals surface area contributed by atoms with Crippen LogP contribution in [0.1, 0.15) is 64.3 Å². The number of esters is 1. The van der Waals surface area contributed by atoms with Crippen LogP contribution in [0.3, 0.4) is 0 Å². The number of rotatable bonds is 1. The summed E-state index contributed by atoms with van der Waals surface area (Å²) in [6.45, 7) is 7.15. The Hall–Kier alpha value is -4.23. The maximum Gasteiger partial charge on any atom is 0.325 e. The van der Waals surface area contributed by atoms with Gasteiger partial charge in [0.1, 0.15) is 24.2 Å². The maximum absolute atomic E-state index is 13.2. The Bertz CT molecular complexity index is 1390. The highest BCUT2D eigenvalue weighted by Crippen LogP contribution is 2.25. The van der Waals surface area contributed by atoms with Crippen LogP contribution >= 0.6 is 0 Å². The molecule has 2 aromatic rings. The molecule has 4 atom stereocenters. The quantitative estimate of drug-likeness (QED) is 0.371. The first-order valence-corrected chi connectivity index (χ1v) is 13.4. The number of hydrogen-bond acceptors (Lipinski definition) is 7. The molecule has 210 valence electrons. The van der Waals surface area contributed by atoms with Gasteiger partial charge in [0, 0.05) is 24.5 Å². The van der Waals surface area contributed by atoms with Crippen LogP contribution in [0.2, 0.25) is 0 Å². The van der Waals surface area contributed by atoms with Crippen LogP contribution < -0.4 is 16.1 Å². The summed E-state index contributed by atoms with van der Waals surface area (Å²) in [5.41, 5.74) is 3.41. The van der Waals surface area contributed by atoms with E-state index in [1.54, 1.807) is 46.0 Å². The largest absolute Gasteiger partial charge is 0.457 e. The summed E-state index contributed by atoms with van der Waals surface area (Å²) >= 11 is 0. The molecule has 2 aliphatic heterocycles. The molecule has 3 amide bonds. The highest BCUT2D eigenvalue weighted by molar-refractivity contribution is 5.94. The third kappa shape index (κ3) is 6.49. The van der Waals surface area contributed by atoms with Crippen LogP contribution in [0.25, 0.3) is 16.8 Å². The number of carbonyl (C=O) groups excluding carboxylic acids is 4. The Morgan fingerprint density at radius 3 is 2.65 bits per heavy atom. The number of carbonyl (C=O) groups is 4. The number of ether oxygens (including phenoxy) is 1. The van der Waals surface area contributed by atoms with E-state index in [-0.39, 0.29) is 6.42 Å². The second-order valence-electron chi connectivity index (χ2n) is 10.8. The van der Waals surface area contributed by atoms with Crippen LogP contribution in [0, 0.1) is 17.8 Å². The minimum atomic E-state index is -1.04. The van der Waals surface area contributed by atoms with Crippen molar-refractivity contribution < 1.29 is 23.9 Å². The van der Waals surface area contributed by atoms with Crippen LogP contribution in [0.4, 0.5) is 0 Å². The molecule has 10 nitrogen and oxygen atoms in total. The molecule has 4 rings (SSSR count). The first-order valence-electron chi connectivity index (χ1n) is 13.4. The average Bonchev–Trinajstić information content (AvgIpc) is 2.94. The molecule has 3 N–H and O–H groups in total. The minimum absolute atomic E-state index is 0.0547. The van der Waals surface area contributed by atoms with Crippen molar-refractivity contribution in [3.05, 3.63) is 47.8 Å². The average molecular weight is 546 g/mol. The third-order valence-corrected chi connectivity index (χ3v) is 7.19. The number of cyclic esters (lactones) is 1. The molecule has 1 aromatic heterocycles. The summed E-state index contributed by atoms with van der Waals surface area (Å²) in [4.78, 5) is 56.9. The Labute approximate surface area is 233 Å². The molecule has 1 fully saturated rings. The van der Waals surface area contributed by atoms with Crippen molar-refractivity contribution in [2.75, 3.05) is 6.54 Å². The summed E-state index contributed by atoms with van der Waals surface area (Å²) in [7, 11) is 0. The maximum atomic E-state index is 13.2. The van der Waals surface area contributed by atoms with Gasteiger partial charge in [-0.1, -0.05) is 18.2 Å². The topological polar surface area (TPSA) is 130 Å². The Kier molecular flexibility index (Phi) is 8.55. The first kappa shape index (κ1) is 28.8. The molecule has 1 aromatic carbocycles. The van der Waals surface area contributed by atoms with Crippen LogP contribution in [0.5, 0.6) is 0 Å². The van der Waals surface area contributed by atoms with Crippen molar-refractivity contribution in [3.8, 4) is 12.3 Å². The molecular weight excluding hydrogens is 510 g/mol. The van der Waals surface area contributed by atoms with Crippen molar-refractivity contribution >= 4 is 40.5 Å². The van der Waals surface area contributed by atoms with Gasteiger partial charge >= 0.3 is 5.97 Å². The number of pyridine rings is 1. The molecule has 0 saturated carbocycles. The zero-order valence-corrected chi connectivity index (χ0v) is 23.2. The highest BCUT2D eigenvalue weighted by atomic mass is 16.5. The smallest absolute Gasteiger partial charge is 0.325 e. The van der Waals surface area contributed by atoms with Gasteiger partial charge in [-0.3, -0.25) is 29.2 Å². The lowest BCUT2D eigenvalue weighted by Gasteiger charge is -2.35. The van der Waals surface area contributed by atoms with Gasteiger partial charge < -0.3 is 15.4 Å². The minimum Gasteiger partial charge on any atom is -0.457 e. The van der Waals surface area contributed by atoms with Crippen molar-refractivity contribution in [1.82, 2.24) is 26.1 Å². The van der Waals surface area contributed by atoms with E-state index in [2.05, 4.69) is 27.0 Å². The number of nitrogens with one attached hydrogen (secondary N) is 3. The molecule has 1 saturated heterocycles. The lowest BCUT2D eigenvalue weighted by Crippen LogP contribution is -2.60. The zero-order chi connectivity index (χ0) is 29.0. The number of fused-ring (bicyclic) bond motifs is 4. The molecule has 0 radical (unpaired) electrons. The molecule has 2 aliphatic rings. The molecule has 5 bridgehead atoms. The number of terminal acetylenes is 1. The molecule has 0 spiro atoms. The number of benzene rings is 1. The number of aromatic nitrogens is 1. The fourth-order valence-electron chi connectivity index (χ4n) is 4.61. The van der Waals surface area contributed by atoms with Gasteiger partial charge in [-0.05, 0) is 69.7 Å². The number of hydrogen-bond donors (Lipinski definition) is 3. The highest BCUT2D eigenvalue weighted by Gasteiger charge is 2.34. The molecule has 0 aliphatic carbocycles. The Morgan fingerprint density at radius 1 is 1.12 bits per heavy atom. The third-order valence-electron chi connectivity index (χ3n) is 7.19. The zero-order valence-electron chi connectivity index (χ0n) is 23.2. The van der Waals surface area contributed by atoms with E-state index in [0.717, 1.165) is 16.3 Å². The Balaban J connectivity index is 1.70. The molecule has 3 heterocycles. The van der Waals surface area contributed by atoms with E-state index in [9.17, 15) is 19.2 Å². The van der Waals surface area contributed by atoms with E-state index in [4.69, 9.17) is 11.2 Å². The predicted octanol–water partition coefficient (Wildman–Crippen LogP) is 2.40. The van der Waals surface area contributed by atoms with Gasteiger partial charge in [0.15, 0.2) is 0 Å². The van der Waals surface area contributed by atoms with Gasteiger partial charge in [-0.25, -0.2) is 5.43 Å². The molecule has 10 heteroatoms. The summed E-state index contributed by atoms with van der Waals surface area (Å²) in [6.07, 6.45) is 11.2. The van der Waals surface area contributed by atoms with Crippen LogP contribution in [-0.4, -0.2) is 58.4 Å². The summed E-state index contributed by atoms with van der Waals surface area (Å²) in [6, 6.07) is 4.96. The fourth-order valence-corrected chi connectivity index (χ4v) is 4.61. The summed E-state index contributed by atoms with van der Waals surface area (Å²) in [5.74, 6) is 0.546. The number of nitrogens with zero attached hydrogens (tertiary/aromatic N) is 2. The fraction of sp³-hybridized carbons (Fsp3) is 0.433. The lowest BCUT2D eigenvalue weighted by atomic mass is 9.90. The van der Waals surface area contributed by atoms with E-state index in [0.29, 0.717) is 25.1 Å². The number of amides is 3. The monoisotopic (exact) mass is 545 g/mol. The van der Waals surface area contributed by atoms with Gasteiger partial charge in [0.05, 0.1) is 11.1 Å². The van der Waals surface area contributed by atoms with E-state index in [1.165, 1.54) is 5.01 Å². The molecular formula is C30H35N5O5. The van der Waals surface area contributed by atoms with E-state index >= 15 is 0 Å². The van der Waals surface area contributed by atoms with Crippen molar-refractivity contribution in [3.63, 3.8) is 0 Å². The Morgan fingerprint density at radius 2 is 1.90 bits per heavy atom. The molecule has 4 unspecified atom stereocenters. The second kappa shape index (κ2) is 11.9. The lowest BCUT2D eigenvalue weighted by molar-refractivity contribution is -0.157.